The highest BCUT2D eigenvalue weighted by molar-refractivity contribution is 5.50. The lowest BCUT2D eigenvalue weighted by Gasteiger charge is -2.22. The molecule has 5 heteroatoms. The number of hydrogen-bond donors (Lipinski definition) is 1. The lowest BCUT2D eigenvalue weighted by molar-refractivity contribution is 0.373. The van der Waals surface area contributed by atoms with E-state index in [0.717, 1.165) is 29.7 Å². The van der Waals surface area contributed by atoms with E-state index in [2.05, 4.69) is 33.0 Å². The van der Waals surface area contributed by atoms with Crippen molar-refractivity contribution in [2.24, 2.45) is 5.92 Å². The normalized spacial score (nSPS) is 16.2. The molecule has 2 aromatic rings. The van der Waals surface area contributed by atoms with Crippen LogP contribution in [-0.4, -0.2) is 26.8 Å². The van der Waals surface area contributed by atoms with Gasteiger partial charge in [-0.25, -0.2) is 0 Å². The van der Waals surface area contributed by atoms with Gasteiger partial charge in [0.25, 0.3) is 0 Å². The Morgan fingerprint density at radius 3 is 2.85 bits per heavy atom. The average molecular weight is 271 g/mol. The van der Waals surface area contributed by atoms with Crippen LogP contribution in [0.1, 0.15) is 37.9 Å². The highest BCUT2D eigenvalue weighted by atomic mass is 15.5. The minimum Gasteiger partial charge on any atom is -0.385 e. The molecule has 1 aromatic carbocycles. The molecule has 3 rings (SSSR count). The van der Waals surface area contributed by atoms with Crippen molar-refractivity contribution >= 4 is 5.69 Å². The molecule has 1 aliphatic carbocycles. The van der Waals surface area contributed by atoms with Crippen LogP contribution in [0.5, 0.6) is 0 Å². The van der Waals surface area contributed by atoms with E-state index in [4.69, 9.17) is 0 Å². The molecular formula is C15H21N5. The first-order valence-corrected chi connectivity index (χ1v) is 7.42. The molecule has 1 aromatic heterocycles. The Morgan fingerprint density at radius 1 is 1.25 bits per heavy atom. The summed E-state index contributed by atoms with van der Waals surface area (Å²) >= 11 is 0. The summed E-state index contributed by atoms with van der Waals surface area (Å²) in [5.74, 6) is 1.62. The van der Waals surface area contributed by atoms with Crippen molar-refractivity contribution in [2.75, 3.05) is 11.9 Å². The number of aromatic nitrogens is 4. The van der Waals surface area contributed by atoms with Crippen LogP contribution in [0.4, 0.5) is 5.69 Å². The topological polar surface area (TPSA) is 55.6 Å². The standard InChI is InChI=1S/C15H21N5/c1-12-17-18-19-20(12)15-9-5-8-14(10-15)16-11-13-6-3-2-4-7-13/h5,8-10,13,16H,2-4,6-7,11H2,1H3. The second-order valence-electron chi connectivity index (χ2n) is 5.57. The summed E-state index contributed by atoms with van der Waals surface area (Å²) in [6.07, 6.45) is 6.90. The largest absolute Gasteiger partial charge is 0.385 e. The Labute approximate surface area is 119 Å². The van der Waals surface area contributed by atoms with Crippen LogP contribution in [0.25, 0.3) is 5.69 Å². The van der Waals surface area contributed by atoms with Crippen molar-refractivity contribution in [1.29, 1.82) is 0 Å². The van der Waals surface area contributed by atoms with Gasteiger partial charge in [0.1, 0.15) is 0 Å². The van der Waals surface area contributed by atoms with Gasteiger partial charge in [-0.05, 0) is 54.3 Å². The van der Waals surface area contributed by atoms with Crippen LogP contribution in [-0.2, 0) is 0 Å². The highest BCUT2D eigenvalue weighted by Gasteiger charge is 2.13. The fraction of sp³-hybridized carbons (Fsp3) is 0.533. The van der Waals surface area contributed by atoms with Gasteiger partial charge < -0.3 is 5.32 Å². The third-order valence-electron chi connectivity index (χ3n) is 4.04. The van der Waals surface area contributed by atoms with Crippen LogP contribution in [0.2, 0.25) is 0 Å². The van der Waals surface area contributed by atoms with Gasteiger partial charge in [-0.15, -0.1) is 5.10 Å². The van der Waals surface area contributed by atoms with E-state index in [9.17, 15) is 0 Å². The van der Waals surface area contributed by atoms with Crippen LogP contribution in [0.15, 0.2) is 24.3 Å². The van der Waals surface area contributed by atoms with Gasteiger partial charge in [0, 0.05) is 12.2 Å². The zero-order valence-electron chi connectivity index (χ0n) is 11.9. The van der Waals surface area contributed by atoms with Gasteiger partial charge in [0.2, 0.25) is 0 Å². The number of tetrazole rings is 1. The lowest BCUT2D eigenvalue weighted by Crippen LogP contribution is -2.17. The molecule has 1 aliphatic rings. The van der Waals surface area contributed by atoms with E-state index in [-0.39, 0.29) is 0 Å². The summed E-state index contributed by atoms with van der Waals surface area (Å²) < 4.78 is 1.76. The molecule has 106 valence electrons. The van der Waals surface area contributed by atoms with Gasteiger partial charge >= 0.3 is 0 Å². The summed E-state index contributed by atoms with van der Waals surface area (Å²) in [4.78, 5) is 0. The third kappa shape index (κ3) is 2.98. The van der Waals surface area contributed by atoms with Crippen molar-refractivity contribution in [3.63, 3.8) is 0 Å². The van der Waals surface area contributed by atoms with E-state index in [1.165, 1.54) is 32.1 Å². The van der Waals surface area contributed by atoms with Crippen LogP contribution in [0.3, 0.4) is 0 Å². The molecule has 0 bridgehead atoms. The van der Waals surface area contributed by atoms with E-state index < -0.39 is 0 Å². The SMILES string of the molecule is Cc1nnnn1-c1cccc(NCC2CCCCC2)c1. The summed E-state index contributed by atoms with van der Waals surface area (Å²) in [6.45, 7) is 2.97. The monoisotopic (exact) mass is 271 g/mol. The fourth-order valence-electron chi connectivity index (χ4n) is 2.87. The molecular weight excluding hydrogens is 250 g/mol. The zero-order chi connectivity index (χ0) is 13.8. The molecule has 0 spiro atoms. The first kappa shape index (κ1) is 13.1. The predicted molar refractivity (Wildman–Crippen MR) is 79.0 cm³/mol. The summed E-state index contributed by atoms with van der Waals surface area (Å²) in [5, 5.41) is 15.2. The van der Waals surface area contributed by atoms with Crippen molar-refractivity contribution in [1.82, 2.24) is 20.2 Å². The number of aryl methyl sites for hydroxylation is 1. The number of nitrogens with zero attached hydrogens (tertiary/aromatic N) is 4. The van der Waals surface area contributed by atoms with E-state index in [1.54, 1.807) is 4.68 Å². The molecule has 0 saturated heterocycles. The smallest absolute Gasteiger partial charge is 0.153 e. The maximum Gasteiger partial charge on any atom is 0.153 e. The number of anilines is 1. The van der Waals surface area contributed by atoms with E-state index >= 15 is 0 Å². The van der Waals surface area contributed by atoms with Gasteiger partial charge in [-0.1, -0.05) is 25.3 Å². The van der Waals surface area contributed by atoms with E-state index in [0.29, 0.717) is 0 Å². The molecule has 1 saturated carbocycles. The maximum absolute atomic E-state index is 4.00. The molecule has 20 heavy (non-hydrogen) atoms. The zero-order valence-corrected chi connectivity index (χ0v) is 11.9. The molecule has 1 N–H and O–H groups in total. The van der Waals surface area contributed by atoms with E-state index in [1.807, 2.05) is 19.1 Å². The highest BCUT2D eigenvalue weighted by Crippen LogP contribution is 2.24. The lowest BCUT2D eigenvalue weighted by atomic mass is 9.89. The number of hydrogen-bond acceptors (Lipinski definition) is 4. The molecule has 0 amide bonds. The van der Waals surface area contributed by atoms with Crippen LogP contribution >= 0.6 is 0 Å². The van der Waals surface area contributed by atoms with Crippen LogP contribution in [0, 0.1) is 12.8 Å². The van der Waals surface area contributed by atoms with Crippen molar-refractivity contribution in [3.8, 4) is 5.69 Å². The maximum atomic E-state index is 4.00. The third-order valence-corrected chi connectivity index (χ3v) is 4.04. The minimum atomic E-state index is 0.800. The number of benzene rings is 1. The molecule has 1 heterocycles. The Morgan fingerprint density at radius 2 is 2.10 bits per heavy atom. The van der Waals surface area contributed by atoms with Crippen molar-refractivity contribution in [3.05, 3.63) is 30.1 Å². The molecule has 0 atom stereocenters. The summed E-state index contributed by atoms with van der Waals surface area (Å²) in [7, 11) is 0. The van der Waals surface area contributed by atoms with Crippen molar-refractivity contribution in [2.45, 2.75) is 39.0 Å². The predicted octanol–water partition coefficient (Wildman–Crippen LogP) is 2.96. The Balaban J connectivity index is 1.67. The quantitative estimate of drug-likeness (QED) is 0.929. The van der Waals surface area contributed by atoms with Gasteiger partial charge in [0.05, 0.1) is 5.69 Å². The molecule has 0 unspecified atom stereocenters. The molecule has 0 radical (unpaired) electrons. The van der Waals surface area contributed by atoms with Gasteiger partial charge in [0.15, 0.2) is 5.82 Å². The Kier molecular flexibility index (Phi) is 3.95. The van der Waals surface area contributed by atoms with Gasteiger partial charge in [-0.3, -0.25) is 0 Å². The summed E-state index contributed by atoms with van der Waals surface area (Å²) in [6, 6.07) is 8.27. The number of rotatable bonds is 4. The molecule has 5 nitrogen and oxygen atoms in total. The van der Waals surface area contributed by atoms with Gasteiger partial charge in [-0.2, -0.15) is 4.68 Å². The second kappa shape index (κ2) is 6.03. The fourth-order valence-corrected chi connectivity index (χ4v) is 2.87. The first-order chi connectivity index (χ1) is 9.83. The molecule has 1 fully saturated rings. The molecule has 0 aliphatic heterocycles. The summed E-state index contributed by atoms with van der Waals surface area (Å²) in [5.41, 5.74) is 2.14. The van der Waals surface area contributed by atoms with Crippen molar-refractivity contribution < 1.29 is 0 Å². The second-order valence-corrected chi connectivity index (χ2v) is 5.57. The van der Waals surface area contributed by atoms with Crippen LogP contribution < -0.4 is 5.32 Å². The Hall–Kier alpha value is -1.91. The average Bonchev–Trinajstić information content (AvgIpc) is 2.93. The minimum absolute atomic E-state index is 0.800. The number of nitrogens with one attached hydrogen (secondary N) is 1. The Bertz CT molecular complexity index is 557. The first-order valence-electron chi connectivity index (χ1n) is 7.42.